The maximum Gasteiger partial charge on any atom is 0.259 e. The first-order valence-electron chi connectivity index (χ1n) is 11.3. The van der Waals surface area contributed by atoms with Crippen LogP contribution in [0.1, 0.15) is 46.0 Å². The standard InChI is InChI=1S/C26H28N4O3/c1-16-13-20(18(3)32-16)22-14-21(24-17(2)28-33-25(24)27-22)26(31)29(4)15-19-9-5-6-10-23(19)30-11-7-8-12-30/h5-6,9-10,13-14H,7-8,11-12,15H2,1-4H3. The van der Waals surface area contributed by atoms with Crippen molar-refractivity contribution in [3.05, 3.63) is 64.7 Å². The molecule has 4 aromatic rings. The number of carbonyl (C=O) groups is 1. The van der Waals surface area contributed by atoms with E-state index in [0.717, 1.165) is 35.7 Å². The van der Waals surface area contributed by atoms with Crippen molar-refractivity contribution in [1.82, 2.24) is 15.0 Å². The molecule has 0 bridgehead atoms. The van der Waals surface area contributed by atoms with Crippen LogP contribution < -0.4 is 4.90 Å². The zero-order chi connectivity index (χ0) is 23.1. The fourth-order valence-electron chi connectivity index (χ4n) is 4.73. The van der Waals surface area contributed by atoms with E-state index in [9.17, 15) is 4.79 Å². The Morgan fingerprint density at radius 1 is 1.12 bits per heavy atom. The van der Waals surface area contributed by atoms with Gasteiger partial charge in [0.05, 0.1) is 22.3 Å². The van der Waals surface area contributed by atoms with Crippen LogP contribution in [0.2, 0.25) is 0 Å². The minimum Gasteiger partial charge on any atom is -0.466 e. The Kier molecular flexibility index (Phi) is 5.40. The predicted octanol–water partition coefficient (Wildman–Crippen LogP) is 5.28. The molecule has 33 heavy (non-hydrogen) atoms. The second-order valence-electron chi connectivity index (χ2n) is 8.81. The van der Waals surface area contributed by atoms with Gasteiger partial charge in [0.2, 0.25) is 0 Å². The van der Waals surface area contributed by atoms with Crippen molar-refractivity contribution in [3.8, 4) is 11.3 Å². The third-order valence-corrected chi connectivity index (χ3v) is 6.36. The third-order valence-electron chi connectivity index (χ3n) is 6.36. The quantitative estimate of drug-likeness (QED) is 0.417. The molecule has 1 amide bonds. The van der Waals surface area contributed by atoms with E-state index in [4.69, 9.17) is 8.94 Å². The first-order chi connectivity index (χ1) is 15.9. The second-order valence-corrected chi connectivity index (χ2v) is 8.81. The van der Waals surface area contributed by atoms with Gasteiger partial charge in [0.15, 0.2) is 0 Å². The number of fused-ring (bicyclic) bond motifs is 1. The number of hydrogen-bond donors (Lipinski definition) is 0. The van der Waals surface area contributed by atoms with E-state index in [-0.39, 0.29) is 5.91 Å². The highest BCUT2D eigenvalue weighted by Gasteiger charge is 2.24. The van der Waals surface area contributed by atoms with Crippen LogP contribution >= 0.6 is 0 Å². The summed E-state index contributed by atoms with van der Waals surface area (Å²) < 4.78 is 11.2. The number of rotatable bonds is 5. The molecule has 170 valence electrons. The minimum atomic E-state index is -0.0935. The van der Waals surface area contributed by atoms with Crippen molar-refractivity contribution in [3.63, 3.8) is 0 Å². The van der Waals surface area contributed by atoms with Crippen molar-refractivity contribution >= 4 is 22.7 Å². The molecule has 0 aliphatic carbocycles. The summed E-state index contributed by atoms with van der Waals surface area (Å²) in [4.78, 5) is 22.5. The monoisotopic (exact) mass is 444 g/mol. The van der Waals surface area contributed by atoms with Crippen molar-refractivity contribution in [2.45, 2.75) is 40.2 Å². The number of hydrogen-bond acceptors (Lipinski definition) is 6. The van der Waals surface area contributed by atoms with Crippen LogP contribution in [0.3, 0.4) is 0 Å². The summed E-state index contributed by atoms with van der Waals surface area (Å²) in [6.45, 7) is 8.26. The molecule has 0 radical (unpaired) electrons. The number of aromatic nitrogens is 2. The number of aryl methyl sites for hydroxylation is 3. The van der Waals surface area contributed by atoms with Gasteiger partial charge in [-0.25, -0.2) is 4.98 Å². The molecule has 1 aliphatic rings. The number of para-hydroxylation sites is 1. The Bertz CT molecular complexity index is 1330. The van der Waals surface area contributed by atoms with Gasteiger partial charge in [-0.15, -0.1) is 0 Å². The maximum atomic E-state index is 13.7. The molecule has 4 heterocycles. The average Bonchev–Trinajstić information content (AvgIpc) is 3.54. The molecule has 1 fully saturated rings. The fourth-order valence-corrected chi connectivity index (χ4v) is 4.73. The Balaban J connectivity index is 1.52. The zero-order valence-corrected chi connectivity index (χ0v) is 19.5. The number of carbonyl (C=O) groups excluding carboxylic acids is 1. The molecule has 0 atom stereocenters. The van der Waals surface area contributed by atoms with Gasteiger partial charge in [0, 0.05) is 37.9 Å². The largest absolute Gasteiger partial charge is 0.466 e. The highest BCUT2D eigenvalue weighted by molar-refractivity contribution is 6.07. The van der Waals surface area contributed by atoms with Gasteiger partial charge in [0.1, 0.15) is 11.5 Å². The number of pyridine rings is 1. The Morgan fingerprint density at radius 3 is 2.61 bits per heavy atom. The van der Waals surface area contributed by atoms with Gasteiger partial charge < -0.3 is 18.7 Å². The van der Waals surface area contributed by atoms with E-state index >= 15 is 0 Å². The van der Waals surface area contributed by atoms with Gasteiger partial charge in [-0.3, -0.25) is 4.79 Å². The van der Waals surface area contributed by atoms with Gasteiger partial charge in [0.25, 0.3) is 11.6 Å². The highest BCUT2D eigenvalue weighted by atomic mass is 16.5. The molecule has 7 heteroatoms. The van der Waals surface area contributed by atoms with E-state index in [0.29, 0.717) is 34.6 Å². The lowest BCUT2D eigenvalue weighted by Gasteiger charge is -2.24. The molecule has 3 aromatic heterocycles. The Hall–Kier alpha value is -3.61. The molecule has 7 nitrogen and oxygen atoms in total. The molecular weight excluding hydrogens is 416 g/mol. The number of furan rings is 1. The van der Waals surface area contributed by atoms with Gasteiger partial charge in [-0.05, 0) is 57.4 Å². The van der Waals surface area contributed by atoms with Crippen LogP contribution in [-0.4, -0.2) is 41.1 Å². The first-order valence-corrected chi connectivity index (χ1v) is 11.3. The van der Waals surface area contributed by atoms with Gasteiger partial charge in [-0.2, -0.15) is 0 Å². The van der Waals surface area contributed by atoms with Crippen LogP contribution in [-0.2, 0) is 6.54 Å². The van der Waals surface area contributed by atoms with E-state index in [1.54, 1.807) is 4.90 Å². The SMILES string of the molecule is Cc1cc(-c2cc(C(=O)N(C)Cc3ccccc3N3CCCC3)c3c(C)noc3n2)c(C)o1. The molecule has 0 saturated carbocycles. The van der Waals surface area contributed by atoms with Crippen LogP contribution in [0.4, 0.5) is 5.69 Å². The summed E-state index contributed by atoms with van der Waals surface area (Å²) >= 11 is 0. The van der Waals surface area contributed by atoms with Crippen LogP contribution in [0.25, 0.3) is 22.4 Å². The molecule has 5 rings (SSSR count). The Morgan fingerprint density at radius 2 is 1.88 bits per heavy atom. The summed E-state index contributed by atoms with van der Waals surface area (Å²) in [6.07, 6.45) is 2.42. The predicted molar refractivity (Wildman–Crippen MR) is 127 cm³/mol. The van der Waals surface area contributed by atoms with Gasteiger partial charge >= 0.3 is 0 Å². The first kappa shape index (κ1) is 21.2. The van der Waals surface area contributed by atoms with E-state index in [1.807, 2.05) is 46.0 Å². The van der Waals surface area contributed by atoms with Crippen molar-refractivity contribution in [2.24, 2.45) is 0 Å². The molecular formula is C26H28N4O3. The van der Waals surface area contributed by atoms with Crippen molar-refractivity contribution < 1.29 is 13.7 Å². The van der Waals surface area contributed by atoms with E-state index < -0.39 is 0 Å². The number of benzene rings is 1. The van der Waals surface area contributed by atoms with E-state index in [2.05, 4.69) is 33.2 Å². The maximum absolute atomic E-state index is 13.7. The number of amides is 1. The van der Waals surface area contributed by atoms with Crippen molar-refractivity contribution in [1.29, 1.82) is 0 Å². The topological polar surface area (TPSA) is 75.6 Å². The van der Waals surface area contributed by atoms with Crippen molar-refractivity contribution in [2.75, 3.05) is 25.0 Å². The molecule has 0 spiro atoms. The summed E-state index contributed by atoms with van der Waals surface area (Å²) in [7, 11) is 1.84. The zero-order valence-electron chi connectivity index (χ0n) is 19.5. The summed E-state index contributed by atoms with van der Waals surface area (Å²) in [5.74, 6) is 1.45. The smallest absolute Gasteiger partial charge is 0.259 e. The second kappa shape index (κ2) is 8.39. The average molecular weight is 445 g/mol. The fraction of sp³-hybridized carbons (Fsp3) is 0.346. The summed E-state index contributed by atoms with van der Waals surface area (Å²) in [6, 6.07) is 12.1. The Labute approximate surface area is 193 Å². The normalized spacial score (nSPS) is 13.8. The molecule has 1 saturated heterocycles. The van der Waals surface area contributed by atoms with Crippen LogP contribution in [0.5, 0.6) is 0 Å². The minimum absolute atomic E-state index is 0.0935. The van der Waals surface area contributed by atoms with Crippen LogP contribution in [0, 0.1) is 20.8 Å². The number of anilines is 1. The molecule has 0 unspecified atom stereocenters. The summed E-state index contributed by atoms with van der Waals surface area (Å²) in [5, 5.41) is 4.73. The number of nitrogens with zero attached hydrogens (tertiary/aromatic N) is 4. The van der Waals surface area contributed by atoms with Gasteiger partial charge in [-0.1, -0.05) is 23.4 Å². The lowest BCUT2D eigenvalue weighted by molar-refractivity contribution is 0.0787. The summed E-state index contributed by atoms with van der Waals surface area (Å²) in [5.41, 5.74) is 5.38. The molecule has 0 N–H and O–H groups in total. The van der Waals surface area contributed by atoms with E-state index in [1.165, 1.54) is 18.5 Å². The third kappa shape index (κ3) is 3.88. The van der Waals surface area contributed by atoms with Crippen LogP contribution in [0.15, 0.2) is 45.3 Å². The molecule has 1 aliphatic heterocycles. The lowest BCUT2D eigenvalue weighted by Crippen LogP contribution is -2.28. The lowest BCUT2D eigenvalue weighted by atomic mass is 10.0. The molecule has 1 aromatic carbocycles. The highest BCUT2D eigenvalue weighted by Crippen LogP contribution is 2.32.